The largest absolute Gasteiger partial charge is 0.325 e. The van der Waals surface area contributed by atoms with Gasteiger partial charge in [-0.1, -0.05) is 53.4 Å². The van der Waals surface area contributed by atoms with Gasteiger partial charge in [-0.05, 0) is 22.9 Å². The van der Waals surface area contributed by atoms with Gasteiger partial charge < -0.3 is 5.32 Å². The van der Waals surface area contributed by atoms with Crippen LogP contribution in [0.2, 0.25) is 0 Å². The van der Waals surface area contributed by atoms with Crippen molar-refractivity contribution in [3.05, 3.63) is 48.0 Å². The Kier molecular flexibility index (Phi) is 3.94. The molecule has 0 fully saturated rings. The molecule has 0 bridgehead atoms. The number of carbonyl (C=O) groups is 1. The topological polar surface area (TPSA) is 54.9 Å². The van der Waals surface area contributed by atoms with Crippen LogP contribution >= 0.6 is 23.1 Å². The molecule has 1 amide bonds. The van der Waals surface area contributed by atoms with Crippen molar-refractivity contribution in [3.8, 4) is 0 Å². The van der Waals surface area contributed by atoms with Gasteiger partial charge in [0.2, 0.25) is 5.91 Å². The van der Waals surface area contributed by atoms with E-state index in [1.54, 1.807) is 5.51 Å². The van der Waals surface area contributed by atoms with Crippen LogP contribution in [0, 0.1) is 0 Å². The van der Waals surface area contributed by atoms with Crippen molar-refractivity contribution in [1.82, 2.24) is 10.2 Å². The third-order valence-electron chi connectivity index (χ3n) is 2.70. The van der Waals surface area contributed by atoms with Crippen LogP contribution in [0.3, 0.4) is 0 Å². The van der Waals surface area contributed by atoms with Gasteiger partial charge in [-0.3, -0.25) is 4.79 Å². The molecule has 1 aromatic heterocycles. The number of carbonyl (C=O) groups excluding carboxylic acids is 1. The van der Waals surface area contributed by atoms with Crippen molar-refractivity contribution in [1.29, 1.82) is 0 Å². The zero-order valence-electron chi connectivity index (χ0n) is 10.4. The Morgan fingerprint density at radius 3 is 2.85 bits per heavy atom. The summed E-state index contributed by atoms with van der Waals surface area (Å²) in [6.07, 6.45) is 0. The molecule has 0 aliphatic heterocycles. The van der Waals surface area contributed by atoms with Crippen LogP contribution in [0.15, 0.2) is 52.3 Å². The number of hydrogen-bond donors (Lipinski definition) is 1. The van der Waals surface area contributed by atoms with E-state index in [4.69, 9.17) is 0 Å². The maximum absolute atomic E-state index is 11.9. The quantitative estimate of drug-likeness (QED) is 0.750. The van der Waals surface area contributed by atoms with E-state index in [1.807, 2.05) is 42.5 Å². The van der Waals surface area contributed by atoms with Crippen molar-refractivity contribution in [2.45, 2.75) is 4.34 Å². The summed E-state index contributed by atoms with van der Waals surface area (Å²) in [5.41, 5.74) is 2.47. The second-order valence-electron chi connectivity index (χ2n) is 4.10. The zero-order chi connectivity index (χ0) is 13.8. The van der Waals surface area contributed by atoms with Crippen molar-refractivity contribution < 1.29 is 4.79 Å². The van der Waals surface area contributed by atoms with E-state index in [9.17, 15) is 4.79 Å². The minimum atomic E-state index is -0.0412. The molecule has 0 saturated heterocycles. The van der Waals surface area contributed by atoms with E-state index in [0.29, 0.717) is 5.75 Å². The molecule has 3 rings (SSSR count). The number of hydrogen-bond acceptors (Lipinski definition) is 5. The van der Waals surface area contributed by atoms with Gasteiger partial charge in [0.05, 0.1) is 5.75 Å². The number of rotatable bonds is 4. The Morgan fingerprint density at radius 1 is 1.20 bits per heavy atom. The molecule has 0 saturated carbocycles. The fourth-order valence-electron chi connectivity index (χ4n) is 1.82. The molecule has 0 aliphatic carbocycles. The molecule has 0 aliphatic rings. The highest BCUT2D eigenvalue weighted by molar-refractivity contribution is 8.01. The lowest BCUT2D eigenvalue weighted by Crippen LogP contribution is -2.13. The van der Waals surface area contributed by atoms with Crippen LogP contribution in [-0.2, 0) is 4.79 Å². The fraction of sp³-hybridized carbons (Fsp3) is 0.0714. The number of aromatic nitrogens is 2. The first-order chi connectivity index (χ1) is 9.81. The van der Waals surface area contributed by atoms with Crippen LogP contribution in [-0.4, -0.2) is 21.9 Å². The molecular formula is C14H11N3OS2. The van der Waals surface area contributed by atoms with Gasteiger partial charge in [-0.15, -0.1) is 10.2 Å². The Labute approximate surface area is 124 Å². The normalized spacial score (nSPS) is 10.6. The minimum absolute atomic E-state index is 0.0412. The lowest BCUT2D eigenvalue weighted by molar-refractivity contribution is -0.113. The van der Waals surface area contributed by atoms with E-state index in [0.717, 1.165) is 20.8 Å². The van der Waals surface area contributed by atoms with E-state index in [1.165, 1.54) is 23.1 Å². The molecular weight excluding hydrogens is 290 g/mol. The first kappa shape index (κ1) is 13.1. The fourth-order valence-corrected chi connectivity index (χ4v) is 3.11. The second-order valence-corrected chi connectivity index (χ2v) is 6.16. The molecule has 0 spiro atoms. The maximum Gasteiger partial charge on any atom is 0.234 e. The summed E-state index contributed by atoms with van der Waals surface area (Å²) in [5, 5.41) is 12.8. The monoisotopic (exact) mass is 301 g/mol. The number of nitrogens with zero attached hydrogens (tertiary/aromatic N) is 2. The summed E-state index contributed by atoms with van der Waals surface area (Å²) >= 11 is 2.82. The summed E-state index contributed by atoms with van der Waals surface area (Å²) in [5.74, 6) is 0.294. The first-order valence-electron chi connectivity index (χ1n) is 5.99. The molecule has 6 heteroatoms. The van der Waals surface area contributed by atoms with Gasteiger partial charge in [0.1, 0.15) is 5.51 Å². The van der Waals surface area contributed by atoms with Gasteiger partial charge in [0, 0.05) is 5.69 Å². The Morgan fingerprint density at radius 2 is 2.05 bits per heavy atom. The molecule has 1 N–H and O–H groups in total. The highest BCUT2D eigenvalue weighted by atomic mass is 32.2. The third kappa shape index (κ3) is 3.15. The molecule has 2 aromatic carbocycles. The molecule has 0 unspecified atom stereocenters. The Bertz CT molecular complexity index is 728. The van der Waals surface area contributed by atoms with Crippen molar-refractivity contribution in [2.75, 3.05) is 11.1 Å². The minimum Gasteiger partial charge on any atom is -0.325 e. The summed E-state index contributed by atoms with van der Waals surface area (Å²) in [4.78, 5) is 11.9. The van der Waals surface area contributed by atoms with E-state index >= 15 is 0 Å². The summed E-state index contributed by atoms with van der Waals surface area (Å²) < 4.78 is 0.804. The zero-order valence-corrected chi connectivity index (χ0v) is 12.1. The van der Waals surface area contributed by atoms with E-state index < -0.39 is 0 Å². The Hall–Kier alpha value is -1.92. The first-order valence-corrected chi connectivity index (χ1v) is 7.85. The number of nitrogens with one attached hydrogen (secondary N) is 1. The third-order valence-corrected chi connectivity index (χ3v) is 4.56. The summed E-state index contributed by atoms with van der Waals surface area (Å²) in [7, 11) is 0. The van der Waals surface area contributed by atoms with Gasteiger partial charge >= 0.3 is 0 Å². The highest BCUT2D eigenvalue weighted by Gasteiger charge is 2.06. The van der Waals surface area contributed by atoms with Crippen molar-refractivity contribution >= 4 is 45.5 Å². The smallest absolute Gasteiger partial charge is 0.234 e. The van der Waals surface area contributed by atoms with Gasteiger partial charge in [-0.25, -0.2) is 0 Å². The van der Waals surface area contributed by atoms with Gasteiger partial charge in [-0.2, -0.15) is 0 Å². The molecule has 20 heavy (non-hydrogen) atoms. The molecule has 1 heterocycles. The highest BCUT2D eigenvalue weighted by Crippen LogP contribution is 2.21. The van der Waals surface area contributed by atoms with Gasteiger partial charge in [0.15, 0.2) is 4.34 Å². The van der Waals surface area contributed by atoms with Crippen LogP contribution in [0.1, 0.15) is 0 Å². The average molecular weight is 301 g/mol. The molecule has 0 radical (unpaired) electrons. The molecule has 100 valence electrons. The second kappa shape index (κ2) is 6.02. The predicted molar refractivity (Wildman–Crippen MR) is 83.2 cm³/mol. The number of fused-ring (bicyclic) bond motifs is 1. The lowest BCUT2D eigenvalue weighted by atomic mass is 10.1. The van der Waals surface area contributed by atoms with Crippen LogP contribution in [0.25, 0.3) is 10.8 Å². The van der Waals surface area contributed by atoms with Crippen molar-refractivity contribution in [3.63, 3.8) is 0 Å². The maximum atomic E-state index is 11.9. The molecule has 0 atom stereocenters. The SMILES string of the molecule is O=C(CSc1nncs1)Nc1ccc2ccccc2c1. The van der Waals surface area contributed by atoms with Crippen LogP contribution in [0.5, 0.6) is 0 Å². The predicted octanol–water partition coefficient (Wildman–Crippen LogP) is 3.42. The van der Waals surface area contributed by atoms with E-state index in [-0.39, 0.29) is 5.91 Å². The number of amides is 1. The number of anilines is 1. The summed E-state index contributed by atoms with van der Waals surface area (Å²) in [6.45, 7) is 0. The van der Waals surface area contributed by atoms with Crippen LogP contribution < -0.4 is 5.32 Å². The Balaban J connectivity index is 1.65. The molecule has 4 nitrogen and oxygen atoms in total. The summed E-state index contributed by atoms with van der Waals surface area (Å²) in [6, 6.07) is 14.0. The molecule has 3 aromatic rings. The standard InChI is InChI=1S/C14H11N3OS2/c18-13(8-19-14-17-15-9-20-14)16-12-6-5-10-3-1-2-4-11(10)7-12/h1-7,9H,8H2,(H,16,18). The number of benzene rings is 2. The van der Waals surface area contributed by atoms with Crippen molar-refractivity contribution in [2.24, 2.45) is 0 Å². The van der Waals surface area contributed by atoms with Crippen LogP contribution in [0.4, 0.5) is 5.69 Å². The lowest BCUT2D eigenvalue weighted by Gasteiger charge is -2.05. The van der Waals surface area contributed by atoms with E-state index in [2.05, 4.69) is 15.5 Å². The van der Waals surface area contributed by atoms with Gasteiger partial charge in [0.25, 0.3) is 0 Å². The average Bonchev–Trinajstić information content (AvgIpc) is 2.98. The number of thioether (sulfide) groups is 1.